The van der Waals surface area contributed by atoms with Gasteiger partial charge >= 0.3 is 0 Å². The Kier molecular flexibility index (Phi) is 3.94. The lowest BCUT2D eigenvalue weighted by Crippen LogP contribution is -2.25. The lowest BCUT2D eigenvalue weighted by atomic mass is 9.84. The van der Waals surface area contributed by atoms with Gasteiger partial charge in [-0.15, -0.1) is 0 Å². The minimum atomic E-state index is -0.245. The number of Topliss-reactive ketones (excluding diaryl/α,β-unsaturated/α-hetero) is 1. The molecule has 0 saturated carbocycles. The van der Waals surface area contributed by atoms with Crippen molar-refractivity contribution in [3.63, 3.8) is 0 Å². The van der Waals surface area contributed by atoms with Crippen LogP contribution in [0.1, 0.15) is 27.7 Å². The first-order valence-corrected chi connectivity index (χ1v) is 4.23. The molecule has 0 rings (SSSR count). The van der Waals surface area contributed by atoms with E-state index in [1.807, 2.05) is 39.8 Å². The first-order chi connectivity index (χ1) is 5.39. The highest BCUT2D eigenvalue weighted by atomic mass is 16.1. The predicted octanol–water partition coefficient (Wildman–Crippen LogP) is 2.98. The Morgan fingerprint density at radius 2 is 1.92 bits per heavy atom. The summed E-state index contributed by atoms with van der Waals surface area (Å²) < 4.78 is 0. The average Bonchev–Trinajstić information content (AvgIpc) is 1.97. The molecule has 68 valence electrons. The number of allylic oxidation sites excluding steroid dienone is 3. The zero-order valence-corrected chi connectivity index (χ0v) is 8.42. The monoisotopic (exact) mass is 166 g/mol. The van der Waals surface area contributed by atoms with Gasteiger partial charge in [0, 0.05) is 11.3 Å². The van der Waals surface area contributed by atoms with E-state index < -0.39 is 0 Å². The number of rotatable bonds is 3. The first-order valence-electron chi connectivity index (χ1n) is 4.23. The highest BCUT2D eigenvalue weighted by molar-refractivity contribution is 5.87. The fourth-order valence-electron chi connectivity index (χ4n) is 1.02. The van der Waals surface area contributed by atoms with Gasteiger partial charge in [-0.3, -0.25) is 4.79 Å². The van der Waals surface area contributed by atoms with Crippen LogP contribution in [0.4, 0.5) is 0 Å². The number of hydrogen-bond donors (Lipinski definition) is 0. The third-order valence-electron chi connectivity index (χ3n) is 1.69. The molecule has 0 radical (unpaired) electrons. The van der Waals surface area contributed by atoms with Crippen LogP contribution < -0.4 is 0 Å². The van der Waals surface area contributed by atoms with Crippen LogP contribution in [-0.4, -0.2) is 5.78 Å². The summed E-state index contributed by atoms with van der Waals surface area (Å²) in [6.45, 7) is 11.3. The maximum absolute atomic E-state index is 11.6. The maximum Gasteiger partial charge on any atom is 0.144 e. The third-order valence-corrected chi connectivity index (χ3v) is 1.69. The number of ketones is 1. The van der Waals surface area contributed by atoms with Crippen molar-refractivity contribution in [3.8, 4) is 0 Å². The van der Waals surface area contributed by atoms with Gasteiger partial charge in [-0.1, -0.05) is 52.5 Å². The zero-order valence-electron chi connectivity index (χ0n) is 8.42. The van der Waals surface area contributed by atoms with E-state index in [-0.39, 0.29) is 17.1 Å². The summed E-state index contributed by atoms with van der Waals surface area (Å²) in [5, 5.41) is 0. The van der Waals surface area contributed by atoms with Crippen molar-refractivity contribution in [2.24, 2.45) is 11.3 Å². The Morgan fingerprint density at radius 1 is 1.42 bits per heavy atom. The summed E-state index contributed by atoms with van der Waals surface area (Å²) in [5.74, 6) is 0.253. The lowest BCUT2D eigenvalue weighted by molar-refractivity contribution is -0.128. The van der Waals surface area contributed by atoms with Gasteiger partial charge < -0.3 is 0 Å². The van der Waals surface area contributed by atoms with Gasteiger partial charge in [0.15, 0.2) is 0 Å². The summed E-state index contributed by atoms with van der Waals surface area (Å²) in [6, 6.07) is 0. The predicted molar refractivity (Wildman–Crippen MR) is 53.0 cm³/mol. The molecule has 0 aromatic rings. The van der Waals surface area contributed by atoms with E-state index in [2.05, 4.69) is 6.58 Å². The molecule has 0 heterocycles. The van der Waals surface area contributed by atoms with E-state index in [4.69, 9.17) is 0 Å². The fraction of sp³-hybridized carbons (Fsp3) is 0.545. The van der Waals surface area contributed by atoms with Crippen molar-refractivity contribution in [2.75, 3.05) is 0 Å². The molecule has 1 heteroatoms. The van der Waals surface area contributed by atoms with Crippen LogP contribution in [-0.2, 0) is 4.79 Å². The molecule has 0 aromatic carbocycles. The Labute approximate surface area is 75.2 Å². The van der Waals surface area contributed by atoms with Crippen molar-refractivity contribution in [1.82, 2.24) is 0 Å². The van der Waals surface area contributed by atoms with Gasteiger partial charge in [-0.05, 0) is 0 Å². The molecule has 0 amide bonds. The molecular formula is C11H18O. The summed E-state index contributed by atoms with van der Waals surface area (Å²) >= 11 is 0. The minimum Gasteiger partial charge on any atom is -0.298 e. The van der Waals surface area contributed by atoms with Gasteiger partial charge in [-0.25, -0.2) is 0 Å². The van der Waals surface area contributed by atoms with Crippen LogP contribution in [0.2, 0.25) is 0 Å². The van der Waals surface area contributed by atoms with Crippen LogP contribution in [0.5, 0.6) is 0 Å². The van der Waals surface area contributed by atoms with Gasteiger partial charge in [0.05, 0.1) is 0 Å². The highest BCUT2D eigenvalue weighted by Crippen LogP contribution is 2.20. The zero-order chi connectivity index (χ0) is 9.78. The van der Waals surface area contributed by atoms with Crippen molar-refractivity contribution in [1.29, 1.82) is 0 Å². The van der Waals surface area contributed by atoms with Crippen molar-refractivity contribution < 1.29 is 4.79 Å². The summed E-state index contributed by atoms with van der Waals surface area (Å²) in [4.78, 5) is 11.6. The standard InChI is InChI=1S/C11H18O/c1-6-7-8-9(2)10(12)11(3,4)5/h6-9H,1H2,2-5H3/b8-7+. The topological polar surface area (TPSA) is 17.1 Å². The second-order valence-corrected chi connectivity index (χ2v) is 4.02. The van der Waals surface area contributed by atoms with Crippen molar-refractivity contribution >= 4 is 5.78 Å². The van der Waals surface area contributed by atoms with E-state index in [1.165, 1.54) is 0 Å². The fourth-order valence-corrected chi connectivity index (χ4v) is 1.02. The summed E-state index contributed by atoms with van der Waals surface area (Å²) in [6.07, 6.45) is 5.38. The number of hydrogen-bond acceptors (Lipinski definition) is 1. The summed E-state index contributed by atoms with van der Waals surface area (Å²) in [7, 11) is 0. The van der Waals surface area contributed by atoms with E-state index in [9.17, 15) is 4.79 Å². The SMILES string of the molecule is C=C/C=C/C(C)C(=O)C(C)(C)C. The largest absolute Gasteiger partial charge is 0.298 e. The second kappa shape index (κ2) is 4.24. The molecular weight excluding hydrogens is 148 g/mol. The van der Waals surface area contributed by atoms with Crippen molar-refractivity contribution in [2.45, 2.75) is 27.7 Å². The Balaban J connectivity index is 4.30. The quantitative estimate of drug-likeness (QED) is 0.589. The Hall–Kier alpha value is -0.850. The van der Waals surface area contributed by atoms with Gasteiger partial charge in [0.2, 0.25) is 0 Å². The molecule has 0 aromatic heterocycles. The third kappa shape index (κ3) is 3.51. The molecule has 1 atom stereocenters. The first kappa shape index (κ1) is 11.2. The molecule has 0 fully saturated rings. The molecule has 0 N–H and O–H groups in total. The van der Waals surface area contributed by atoms with Crippen LogP contribution >= 0.6 is 0 Å². The maximum atomic E-state index is 11.6. The number of carbonyl (C=O) groups is 1. The summed E-state index contributed by atoms with van der Waals surface area (Å²) in [5.41, 5.74) is -0.245. The normalized spacial score (nSPS) is 14.7. The molecule has 0 aliphatic heterocycles. The van der Waals surface area contributed by atoms with Crippen LogP contribution in [0.3, 0.4) is 0 Å². The van der Waals surface area contributed by atoms with Crippen LogP contribution in [0.15, 0.2) is 24.8 Å². The molecule has 12 heavy (non-hydrogen) atoms. The molecule has 1 unspecified atom stereocenters. The van der Waals surface area contributed by atoms with Crippen LogP contribution in [0, 0.1) is 11.3 Å². The lowest BCUT2D eigenvalue weighted by Gasteiger charge is -2.19. The van der Waals surface area contributed by atoms with E-state index in [1.54, 1.807) is 6.08 Å². The van der Waals surface area contributed by atoms with Gasteiger partial charge in [-0.2, -0.15) is 0 Å². The van der Waals surface area contributed by atoms with Gasteiger partial charge in [0.1, 0.15) is 5.78 Å². The van der Waals surface area contributed by atoms with E-state index in [0.717, 1.165) is 0 Å². The smallest absolute Gasteiger partial charge is 0.144 e. The number of carbonyl (C=O) groups excluding carboxylic acids is 1. The molecule has 1 nitrogen and oxygen atoms in total. The molecule has 0 saturated heterocycles. The molecule has 0 spiro atoms. The molecule has 0 bridgehead atoms. The van der Waals surface area contributed by atoms with E-state index in [0.29, 0.717) is 0 Å². The average molecular weight is 166 g/mol. The van der Waals surface area contributed by atoms with E-state index >= 15 is 0 Å². The molecule has 0 aliphatic carbocycles. The van der Waals surface area contributed by atoms with Crippen LogP contribution in [0.25, 0.3) is 0 Å². The van der Waals surface area contributed by atoms with Gasteiger partial charge in [0.25, 0.3) is 0 Å². The second-order valence-electron chi connectivity index (χ2n) is 4.02. The van der Waals surface area contributed by atoms with Crippen molar-refractivity contribution in [3.05, 3.63) is 24.8 Å². The Bertz CT molecular complexity index is 194. The Morgan fingerprint density at radius 3 is 2.25 bits per heavy atom. The minimum absolute atomic E-state index is 0.0111. The highest BCUT2D eigenvalue weighted by Gasteiger charge is 2.24. The molecule has 0 aliphatic rings.